The first kappa shape index (κ1) is 18.6. The molecule has 0 aliphatic carbocycles. The molecule has 1 fully saturated rings. The lowest BCUT2D eigenvalue weighted by Gasteiger charge is -2.13. The van der Waals surface area contributed by atoms with E-state index >= 15 is 0 Å². The summed E-state index contributed by atoms with van der Waals surface area (Å²) in [5.41, 5.74) is 1.93. The largest absolute Gasteiger partial charge is 0.355 e. The number of nitrogens with one attached hydrogen (secondary N) is 2. The first-order chi connectivity index (χ1) is 12.9. The van der Waals surface area contributed by atoms with Gasteiger partial charge in [-0.1, -0.05) is 17.3 Å². The number of hydrogen-bond donors (Lipinski definition) is 2. The molecule has 0 saturated carbocycles. The summed E-state index contributed by atoms with van der Waals surface area (Å²) in [5, 5.41) is 13.3. The lowest BCUT2D eigenvalue weighted by Crippen LogP contribution is -2.32. The van der Waals surface area contributed by atoms with Crippen LogP contribution in [0.5, 0.6) is 0 Å². The average molecular weight is 370 g/mol. The van der Waals surface area contributed by atoms with Crippen molar-refractivity contribution in [1.82, 2.24) is 30.5 Å². The van der Waals surface area contributed by atoms with Gasteiger partial charge >= 0.3 is 6.03 Å². The van der Waals surface area contributed by atoms with Gasteiger partial charge in [-0.15, -0.1) is 5.10 Å². The first-order valence-corrected chi connectivity index (χ1v) is 8.72. The zero-order chi connectivity index (χ0) is 19.6. The molecule has 2 aromatic rings. The molecule has 0 bridgehead atoms. The first-order valence-electron chi connectivity index (χ1n) is 8.72. The Kier molecular flexibility index (Phi) is 5.20. The molecule has 1 aromatic carbocycles. The van der Waals surface area contributed by atoms with E-state index in [0.29, 0.717) is 17.7 Å². The van der Waals surface area contributed by atoms with Crippen LogP contribution in [0.2, 0.25) is 0 Å². The number of hydrogen-bond acceptors (Lipinski definition) is 5. The molecule has 0 spiro atoms. The lowest BCUT2D eigenvalue weighted by molar-refractivity contribution is -0.127. The summed E-state index contributed by atoms with van der Waals surface area (Å²) in [6.07, 6.45) is 2.08. The summed E-state index contributed by atoms with van der Waals surface area (Å²) in [6.45, 7) is 4.12. The Balaban J connectivity index is 1.66. The van der Waals surface area contributed by atoms with E-state index in [2.05, 4.69) is 20.9 Å². The zero-order valence-corrected chi connectivity index (χ0v) is 15.5. The smallest absolute Gasteiger partial charge is 0.325 e. The van der Waals surface area contributed by atoms with Crippen molar-refractivity contribution < 1.29 is 14.4 Å². The van der Waals surface area contributed by atoms with E-state index in [1.807, 2.05) is 13.8 Å². The van der Waals surface area contributed by atoms with Crippen LogP contribution in [-0.4, -0.2) is 50.8 Å². The summed E-state index contributed by atoms with van der Waals surface area (Å²) >= 11 is 0. The SMILES string of the molecule is CNC(=O)c1ccc(CN2C(=O)NC(Cc3cn(C(C)C)nn3)C2=O)cc1. The van der Waals surface area contributed by atoms with E-state index in [9.17, 15) is 14.4 Å². The van der Waals surface area contributed by atoms with Crippen LogP contribution in [0.1, 0.15) is 41.5 Å². The Morgan fingerprint density at radius 3 is 2.56 bits per heavy atom. The van der Waals surface area contributed by atoms with Gasteiger partial charge in [0.2, 0.25) is 0 Å². The fourth-order valence-electron chi connectivity index (χ4n) is 2.82. The second-order valence-electron chi connectivity index (χ2n) is 6.69. The molecular weight excluding hydrogens is 348 g/mol. The summed E-state index contributed by atoms with van der Waals surface area (Å²) in [6, 6.07) is 5.87. The van der Waals surface area contributed by atoms with Crippen LogP contribution in [-0.2, 0) is 17.8 Å². The second-order valence-corrected chi connectivity index (χ2v) is 6.69. The van der Waals surface area contributed by atoms with Gasteiger partial charge in [0.1, 0.15) is 6.04 Å². The standard InChI is InChI=1S/C18H22N6O3/c1-11(2)24-10-14(21-22-24)8-15-17(26)23(18(27)20-15)9-12-4-6-13(7-5-12)16(25)19-3/h4-7,10-11,15H,8-9H2,1-3H3,(H,19,25)(H,20,27). The van der Waals surface area contributed by atoms with E-state index in [1.54, 1.807) is 42.2 Å². The molecule has 9 heteroatoms. The van der Waals surface area contributed by atoms with Crippen LogP contribution in [0.3, 0.4) is 0 Å². The maximum Gasteiger partial charge on any atom is 0.325 e. The zero-order valence-electron chi connectivity index (χ0n) is 15.5. The minimum atomic E-state index is -0.653. The van der Waals surface area contributed by atoms with Gasteiger partial charge in [-0.05, 0) is 31.5 Å². The molecule has 1 saturated heterocycles. The van der Waals surface area contributed by atoms with E-state index in [-0.39, 0.29) is 24.4 Å². The van der Waals surface area contributed by atoms with Gasteiger partial charge < -0.3 is 10.6 Å². The van der Waals surface area contributed by atoms with Gasteiger partial charge in [0.05, 0.1) is 12.2 Å². The molecule has 9 nitrogen and oxygen atoms in total. The minimum absolute atomic E-state index is 0.147. The molecular formula is C18H22N6O3. The third-order valence-corrected chi connectivity index (χ3v) is 4.39. The van der Waals surface area contributed by atoms with Crippen LogP contribution in [0, 0.1) is 0 Å². The van der Waals surface area contributed by atoms with E-state index < -0.39 is 12.1 Å². The number of benzene rings is 1. The monoisotopic (exact) mass is 370 g/mol. The summed E-state index contributed by atoms with van der Waals surface area (Å²) < 4.78 is 1.71. The van der Waals surface area contributed by atoms with Crippen LogP contribution in [0.4, 0.5) is 4.79 Å². The van der Waals surface area contributed by atoms with Gasteiger partial charge in [-0.3, -0.25) is 14.5 Å². The molecule has 1 aliphatic heterocycles. The molecule has 2 heterocycles. The second kappa shape index (κ2) is 7.56. The minimum Gasteiger partial charge on any atom is -0.355 e. The highest BCUT2D eigenvalue weighted by atomic mass is 16.2. The topological polar surface area (TPSA) is 109 Å². The maximum absolute atomic E-state index is 12.6. The number of amides is 4. The van der Waals surface area contributed by atoms with Crippen molar-refractivity contribution in [3.63, 3.8) is 0 Å². The molecule has 4 amide bonds. The fraction of sp³-hybridized carbons (Fsp3) is 0.389. The highest BCUT2D eigenvalue weighted by molar-refractivity contribution is 6.04. The highest BCUT2D eigenvalue weighted by Crippen LogP contribution is 2.16. The van der Waals surface area contributed by atoms with Crippen molar-refractivity contribution in [2.24, 2.45) is 0 Å². The number of rotatable bonds is 6. The molecule has 1 aliphatic rings. The van der Waals surface area contributed by atoms with Crippen molar-refractivity contribution in [3.05, 3.63) is 47.3 Å². The van der Waals surface area contributed by atoms with Gasteiger partial charge in [0, 0.05) is 31.3 Å². The molecule has 1 unspecified atom stereocenters. The third-order valence-electron chi connectivity index (χ3n) is 4.39. The summed E-state index contributed by atoms with van der Waals surface area (Å²) in [7, 11) is 1.56. The van der Waals surface area contributed by atoms with E-state index in [0.717, 1.165) is 5.56 Å². The fourth-order valence-corrected chi connectivity index (χ4v) is 2.82. The number of nitrogens with zero attached hydrogens (tertiary/aromatic N) is 4. The van der Waals surface area contributed by atoms with Crippen molar-refractivity contribution >= 4 is 17.8 Å². The Bertz CT molecular complexity index is 858. The normalized spacial score (nSPS) is 16.7. The van der Waals surface area contributed by atoms with E-state index in [4.69, 9.17) is 0 Å². The molecule has 1 atom stereocenters. The van der Waals surface area contributed by atoms with Crippen molar-refractivity contribution in [3.8, 4) is 0 Å². The molecule has 27 heavy (non-hydrogen) atoms. The van der Waals surface area contributed by atoms with Crippen LogP contribution < -0.4 is 10.6 Å². The maximum atomic E-state index is 12.6. The number of imide groups is 1. The Morgan fingerprint density at radius 1 is 1.26 bits per heavy atom. The predicted octanol–water partition coefficient (Wildman–Crippen LogP) is 0.882. The van der Waals surface area contributed by atoms with Crippen molar-refractivity contribution in [2.45, 2.75) is 38.9 Å². The van der Waals surface area contributed by atoms with E-state index in [1.165, 1.54) is 4.90 Å². The van der Waals surface area contributed by atoms with Crippen molar-refractivity contribution in [2.75, 3.05) is 7.05 Å². The van der Waals surface area contributed by atoms with Gasteiger partial charge in [-0.25, -0.2) is 9.48 Å². The van der Waals surface area contributed by atoms with Gasteiger partial charge in [0.15, 0.2) is 0 Å². The number of carbonyl (C=O) groups excluding carboxylic acids is 3. The third kappa shape index (κ3) is 3.97. The lowest BCUT2D eigenvalue weighted by atomic mass is 10.1. The van der Waals surface area contributed by atoms with Crippen LogP contribution in [0.15, 0.2) is 30.5 Å². The van der Waals surface area contributed by atoms with Crippen molar-refractivity contribution in [1.29, 1.82) is 0 Å². The quantitative estimate of drug-likeness (QED) is 0.734. The summed E-state index contributed by atoms with van der Waals surface area (Å²) in [4.78, 5) is 37.6. The van der Waals surface area contributed by atoms with Crippen LogP contribution >= 0.6 is 0 Å². The molecule has 2 N–H and O–H groups in total. The van der Waals surface area contributed by atoms with Crippen LogP contribution in [0.25, 0.3) is 0 Å². The average Bonchev–Trinajstić information content (AvgIpc) is 3.22. The summed E-state index contributed by atoms with van der Waals surface area (Å²) in [5.74, 6) is -0.486. The number of carbonyl (C=O) groups is 3. The Labute approximate surface area is 156 Å². The number of urea groups is 1. The molecule has 142 valence electrons. The molecule has 1 aromatic heterocycles. The highest BCUT2D eigenvalue weighted by Gasteiger charge is 2.38. The number of aromatic nitrogens is 3. The predicted molar refractivity (Wildman–Crippen MR) is 96.8 cm³/mol. The van der Waals surface area contributed by atoms with Gasteiger partial charge in [-0.2, -0.15) is 0 Å². The van der Waals surface area contributed by atoms with Gasteiger partial charge in [0.25, 0.3) is 11.8 Å². The Morgan fingerprint density at radius 2 is 1.96 bits per heavy atom. The Hall–Kier alpha value is -3.23. The molecule has 0 radical (unpaired) electrons. The molecule has 3 rings (SSSR count).